The minimum absolute atomic E-state index is 0.732. The van der Waals surface area contributed by atoms with Crippen LogP contribution in [0.5, 0.6) is 0 Å². The van der Waals surface area contributed by atoms with Crippen molar-refractivity contribution in [1.29, 1.82) is 0 Å². The fourth-order valence-corrected chi connectivity index (χ4v) is 8.91. The maximum Gasteiger partial charge on any atom is 0.241 e. The fourth-order valence-electron chi connectivity index (χ4n) is 8.91. The summed E-state index contributed by atoms with van der Waals surface area (Å²) in [4.78, 5) is 0. The van der Waals surface area contributed by atoms with E-state index >= 15 is 0 Å². The molecule has 0 amide bonds. The zero-order valence-electron chi connectivity index (χ0n) is 30.2. The van der Waals surface area contributed by atoms with Crippen molar-refractivity contribution in [2.45, 2.75) is 0 Å². The second kappa shape index (κ2) is 11.9. The lowest BCUT2D eigenvalue weighted by Gasteiger charge is -2.14. The SMILES string of the molecule is c1ccc(-n2c3ccccc3c3cc(-c4nnc(-n5c6ccccc6c6ccccc65)n4-c4ccc5c(c4)c4ccccc4n5-c4ccccc4)ccc32)cc1. The standard InChI is InChI=1S/C50H32N6/c1-3-15-34(16-4-1)53-43-23-11-9-21-39(43)41-31-33(27-29-47(41)53)49-51-52-50(56-45-25-13-7-19-37(45)38-20-8-14-26-46(38)56)55(49)36-28-30-48-42(32-36)40-22-10-12-24-44(40)54(48)35-17-5-2-6-18-35/h1-32H. The smallest absolute Gasteiger partial charge is 0.241 e. The van der Waals surface area contributed by atoms with Crippen LogP contribution in [0.2, 0.25) is 0 Å². The van der Waals surface area contributed by atoms with Crippen LogP contribution in [-0.2, 0) is 0 Å². The summed E-state index contributed by atoms with van der Waals surface area (Å²) in [6.07, 6.45) is 0. The van der Waals surface area contributed by atoms with Gasteiger partial charge < -0.3 is 9.13 Å². The Morgan fingerprint density at radius 2 is 0.679 bits per heavy atom. The molecule has 0 saturated carbocycles. The molecule has 0 aliphatic carbocycles. The van der Waals surface area contributed by atoms with Crippen LogP contribution >= 0.6 is 0 Å². The van der Waals surface area contributed by atoms with Gasteiger partial charge in [-0.25, -0.2) is 0 Å². The molecule has 262 valence electrons. The van der Waals surface area contributed by atoms with Crippen molar-refractivity contribution >= 4 is 65.4 Å². The van der Waals surface area contributed by atoms with Crippen LogP contribution < -0.4 is 0 Å². The molecule has 12 aromatic rings. The highest BCUT2D eigenvalue weighted by atomic mass is 15.4. The van der Waals surface area contributed by atoms with E-state index in [1.165, 1.54) is 27.1 Å². The number of rotatable bonds is 5. The van der Waals surface area contributed by atoms with Gasteiger partial charge in [-0.1, -0.05) is 109 Å². The monoisotopic (exact) mass is 716 g/mol. The first-order valence-corrected chi connectivity index (χ1v) is 18.9. The summed E-state index contributed by atoms with van der Waals surface area (Å²) in [5.74, 6) is 1.50. The average molecular weight is 717 g/mol. The fraction of sp³-hybridized carbons (Fsp3) is 0. The zero-order valence-corrected chi connectivity index (χ0v) is 30.2. The van der Waals surface area contributed by atoms with Crippen LogP contribution in [0.4, 0.5) is 0 Å². The molecule has 0 aliphatic rings. The molecule has 0 bridgehead atoms. The zero-order chi connectivity index (χ0) is 36.7. The lowest BCUT2D eigenvalue weighted by molar-refractivity contribution is 0.934. The molecule has 8 aromatic carbocycles. The van der Waals surface area contributed by atoms with E-state index < -0.39 is 0 Å². The van der Waals surface area contributed by atoms with Crippen molar-refractivity contribution in [3.8, 4) is 34.4 Å². The van der Waals surface area contributed by atoms with Crippen molar-refractivity contribution in [3.05, 3.63) is 194 Å². The summed E-state index contributed by atoms with van der Waals surface area (Å²) in [6.45, 7) is 0. The van der Waals surface area contributed by atoms with Crippen molar-refractivity contribution in [1.82, 2.24) is 28.5 Å². The first kappa shape index (κ1) is 30.7. The lowest BCUT2D eigenvalue weighted by Crippen LogP contribution is -2.07. The molecule has 0 aliphatic heterocycles. The Bertz CT molecular complexity index is 3420. The molecular weight excluding hydrogens is 685 g/mol. The summed E-state index contributed by atoms with van der Waals surface area (Å²) in [5.41, 5.74) is 11.0. The third-order valence-corrected chi connectivity index (χ3v) is 11.3. The molecular formula is C50H32N6. The van der Waals surface area contributed by atoms with Gasteiger partial charge in [-0.2, -0.15) is 0 Å². The Kier molecular flexibility index (Phi) is 6.53. The van der Waals surface area contributed by atoms with Crippen molar-refractivity contribution < 1.29 is 0 Å². The third-order valence-electron chi connectivity index (χ3n) is 11.3. The minimum atomic E-state index is 0.732. The molecule has 0 atom stereocenters. The van der Waals surface area contributed by atoms with Crippen LogP contribution in [0.15, 0.2) is 194 Å². The predicted octanol–water partition coefficient (Wildman–Crippen LogP) is 12.2. The minimum Gasteiger partial charge on any atom is -0.309 e. The molecule has 12 rings (SSSR count). The molecule has 6 nitrogen and oxygen atoms in total. The summed E-state index contributed by atoms with van der Waals surface area (Å²) in [7, 11) is 0. The highest BCUT2D eigenvalue weighted by molar-refractivity contribution is 6.12. The number of para-hydroxylation sites is 6. The van der Waals surface area contributed by atoms with Gasteiger partial charge in [0.15, 0.2) is 5.82 Å². The van der Waals surface area contributed by atoms with Gasteiger partial charge in [0.2, 0.25) is 5.95 Å². The van der Waals surface area contributed by atoms with E-state index in [-0.39, 0.29) is 0 Å². The van der Waals surface area contributed by atoms with Gasteiger partial charge in [0.25, 0.3) is 0 Å². The van der Waals surface area contributed by atoms with Gasteiger partial charge in [0.05, 0.1) is 38.8 Å². The van der Waals surface area contributed by atoms with Gasteiger partial charge in [0, 0.05) is 49.3 Å². The summed E-state index contributed by atoms with van der Waals surface area (Å²) >= 11 is 0. The van der Waals surface area contributed by atoms with Gasteiger partial charge in [-0.15, -0.1) is 10.2 Å². The van der Waals surface area contributed by atoms with E-state index in [1.807, 2.05) is 0 Å². The lowest BCUT2D eigenvalue weighted by atomic mass is 10.1. The largest absolute Gasteiger partial charge is 0.309 e. The van der Waals surface area contributed by atoms with Crippen LogP contribution in [0.3, 0.4) is 0 Å². The van der Waals surface area contributed by atoms with Gasteiger partial charge >= 0.3 is 0 Å². The second-order valence-electron chi connectivity index (χ2n) is 14.3. The number of fused-ring (bicyclic) bond motifs is 9. The summed E-state index contributed by atoms with van der Waals surface area (Å²) < 4.78 is 9.20. The molecule has 6 heteroatoms. The van der Waals surface area contributed by atoms with Crippen molar-refractivity contribution in [2.24, 2.45) is 0 Å². The topological polar surface area (TPSA) is 45.5 Å². The second-order valence-corrected chi connectivity index (χ2v) is 14.3. The van der Waals surface area contributed by atoms with E-state index in [1.54, 1.807) is 0 Å². The molecule has 4 heterocycles. The maximum absolute atomic E-state index is 5.07. The Morgan fingerprint density at radius 3 is 1.21 bits per heavy atom. The Morgan fingerprint density at radius 1 is 0.268 bits per heavy atom. The molecule has 56 heavy (non-hydrogen) atoms. The summed E-state index contributed by atoms with van der Waals surface area (Å²) in [6, 6.07) is 69.1. The third kappa shape index (κ3) is 4.38. The number of aromatic nitrogens is 6. The molecule has 0 N–H and O–H groups in total. The molecule has 0 radical (unpaired) electrons. The van der Waals surface area contributed by atoms with E-state index in [0.29, 0.717) is 0 Å². The molecule has 4 aromatic heterocycles. The quantitative estimate of drug-likeness (QED) is 0.178. The summed E-state index contributed by atoms with van der Waals surface area (Å²) in [5, 5.41) is 17.2. The van der Waals surface area contributed by atoms with Gasteiger partial charge in [0.1, 0.15) is 0 Å². The average Bonchev–Trinajstić information content (AvgIpc) is 4.02. The molecule has 0 spiro atoms. The Hall–Kier alpha value is -7.70. The number of benzene rings is 8. The van der Waals surface area contributed by atoms with E-state index in [9.17, 15) is 0 Å². The van der Waals surface area contributed by atoms with Crippen LogP contribution in [0.25, 0.3) is 99.8 Å². The number of hydrogen-bond donors (Lipinski definition) is 0. The predicted molar refractivity (Wildman–Crippen MR) is 230 cm³/mol. The van der Waals surface area contributed by atoms with Crippen LogP contribution in [0, 0.1) is 0 Å². The van der Waals surface area contributed by atoms with Crippen LogP contribution in [0.1, 0.15) is 0 Å². The van der Waals surface area contributed by atoms with E-state index in [0.717, 1.165) is 72.8 Å². The maximum atomic E-state index is 5.07. The number of hydrogen-bond acceptors (Lipinski definition) is 2. The number of nitrogens with zero attached hydrogens (tertiary/aromatic N) is 6. The van der Waals surface area contributed by atoms with Crippen molar-refractivity contribution in [3.63, 3.8) is 0 Å². The molecule has 0 unspecified atom stereocenters. The van der Waals surface area contributed by atoms with Crippen LogP contribution in [-0.4, -0.2) is 28.5 Å². The first-order valence-electron chi connectivity index (χ1n) is 18.9. The highest BCUT2D eigenvalue weighted by Crippen LogP contribution is 2.39. The molecule has 0 fully saturated rings. The van der Waals surface area contributed by atoms with Crippen molar-refractivity contribution in [2.75, 3.05) is 0 Å². The normalized spacial score (nSPS) is 11.9. The molecule has 0 saturated heterocycles. The Balaban J connectivity index is 1.16. The first-order chi connectivity index (χ1) is 27.8. The van der Waals surface area contributed by atoms with E-state index in [2.05, 4.69) is 212 Å². The van der Waals surface area contributed by atoms with Gasteiger partial charge in [-0.05, 0) is 84.9 Å². The highest BCUT2D eigenvalue weighted by Gasteiger charge is 2.24. The van der Waals surface area contributed by atoms with Gasteiger partial charge in [-0.3, -0.25) is 9.13 Å². The van der Waals surface area contributed by atoms with E-state index in [4.69, 9.17) is 10.2 Å². The Labute approximate surface area is 321 Å².